The van der Waals surface area contributed by atoms with Crippen LogP contribution in [0.5, 0.6) is 0 Å². The van der Waals surface area contributed by atoms with E-state index in [1.54, 1.807) is 19.0 Å². The second-order valence-corrected chi connectivity index (χ2v) is 7.11. The molecule has 0 aliphatic carbocycles. The van der Waals surface area contributed by atoms with E-state index in [0.29, 0.717) is 5.92 Å². The zero-order chi connectivity index (χ0) is 18.3. The van der Waals surface area contributed by atoms with Crippen molar-refractivity contribution in [1.82, 2.24) is 15.5 Å². The van der Waals surface area contributed by atoms with Crippen LogP contribution in [-0.2, 0) is 9.53 Å². The Morgan fingerprint density at radius 3 is 2.42 bits per heavy atom. The summed E-state index contributed by atoms with van der Waals surface area (Å²) in [6.07, 6.45) is 10.1. The Hall–Kier alpha value is -0.570. The molecule has 26 heavy (non-hydrogen) atoms. The van der Waals surface area contributed by atoms with E-state index in [4.69, 9.17) is 4.74 Å². The fraction of sp³-hybridized carbons (Fsp3) is 0.895. The minimum absolute atomic E-state index is 0. The van der Waals surface area contributed by atoms with E-state index < -0.39 is 0 Å². The lowest BCUT2D eigenvalue weighted by molar-refractivity contribution is -0.127. The number of unbranched alkanes of at least 4 members (excludes halogenated alkanes) is 6. The van der Waals surface area contributed by atoms with Crippen LogP contribution < -0.4 is 10.6 Å². The zero-order valence-electron chi connectivity index (χ0n) is 16.9. The van der Waals surface area contributed by atoms with Gasteiger partial charge in [0.25, 0.3) is 0 Å². The molecule has 0 spiro atoms. The SMILES string of the molecule is CCCCCCCCCNC(=NCC(=O)N(C)C)NCC1CCOC1.I. The third-order valence-corrected chi connectivity index (χ3v) is 4.53. The molecule has 7 heteroatoms. The molecule has 0 aromatic rings. The van der Waals surface area contributed by atoms with E-state index in [2.05, 4.69) is 22.5 Å². The monoisotopic (exact) mass is 482 g/mol. The number of hydrogen-bond donors (Lipinski definition) is 2. The first-order valence-electron chi connectivity index (χ1n) is 9.93. The van der Waals surface area contributed by atoms with Crippen molar-refractivity contribution in [2.45, 2.75) is 58.3 Å². The molecule has 154 valence electrons. The van der Waals surface area contributed by atoms with Crippen molar-refractivity contribution in [3.8, 4) is 0 Å². The maximum Gasteiger partial charge on any atom is 0.243 e. The predicted molar refractivity (Wildman–Crippen MR) is 119 cm³/mol. The van der Waals surface area contributed by atoms with Crippen LogP contribution in [-0.4, -0.2) is 63.7 Å². The fourth-order valence-electron chi connectivity index (χ4n) is 2.74. The van der Waals surface area contributed by atoms with Gasteiger partial charge in [-0.1, -0.05) is 45.4 Å². The van der Waals surface area contributed by atoms with Gasteiger partial charge in [-0.15, -0.1) is 24.0 Å². The summed E-state index contributed by atoms with van der Waals surface area (Å²) >= 11 is 0. The van der Waals surface area contributed by atoms with Crippen LogP contribution in [0.15, 0.2) is 4.99 Å². The first kappa shape index (κ1) is 25.4. The molecule has 1 aliphatic heterocycles. The molecular formula is C19H39IN4O2. The van der Waals surface area contributed by atoms with Gasteiger partial charge in [0.1, 0.15) is 6.54 Å². The highest BCUT2D eigenvalue weighted by Gasteiger charge is 2.15. The highest BCUT2D eigenvalue weighted by molar-refractivity contribution is 14.0. The lowest BCUT2D eigenvalue weighted by Gasteiger charge is -2.15. The van der Waals surface area contributed by atoms with Crippen molar-refractivity contribution in [2.75, 3.05) is 46.9 Å². The zero-order valence-corrected chi connectivity index (χ0v) is 19.2. The van der Waals surface area contributed by atoms with Crippen LogP contribution in [0.4, 0.5) is 0 Å². The molecule has 1 unspecified atom stereocenters. The Labute approximate surface area is 176 Å². The number of amides is 1. The van der Waals surface area contributed by atoms with E-state index >= 15 is 0 Å². The number of halogens is 1. The van der Waals surface area contributed by atoms with Gasteiger partial charge in [0.2, 0.25) is 5.91 Å². The van der Waals surface area contributed by atoms with Crippen molar-refractivity contribution >= 4 is 35.8 Å². The molecule has 6 nitrogen and oxygen atoms in total. The Morgan fingerprint density at radius 2 is 1.81 bits per heavy atom. The summed E-state index contributed by atoms with van der Waals surface area (Å²) in [6, 6.07) is 0. The molecule has 1 amide bonds. The van der Waals surface area contributed by atoms with Gasteiger partial charge < -0.3 is 20.3 Å². The molecule has 1 atom stereocenters. The van der Waals surface area contributed by atoms with Crippen LogP contribution in [0.25, 0.3) is 0 Å². The van der Waals surface area contributed by atoms with Crippen LogP contribution in [0, 0.1) is 5.92 Å². The van der Waals surface area contributed by atoms with Gasteiger partial charge in [0.05, 0.1) is 6.61 Å². The molecule has 1 saturated heterocycles. The molecule has 1 fully saturated rings. The molecule has 1 heterocycles. The summed E-state index contributed by atoms with van der Waals surface area (Å²) in [5, 5.41) is 6.73. The van der Waals surface area contributed by atoms with E-state index in [-0.39, 0.29) is 36.4 Å². The number of ether oxygens (including phenoxy) is 1. The maximum atomic E-state index is 11.8. The highest BCUT2D eigenvalue weighted by atomic mass is 127. The van der Waals surface area contributed by atoms with Crippen LogP contribution in [0.3, 0.4) is 0 Å². The highest BCUT2D eigenvalue weighted by Crippen LogP contribution is 2.10. The van der Waals surface area contributed by atoms with E-state index in [9.17, 15) is 4.79 Å². The van der Waals surface area contributed by atoms with Gasteiger partial charge in [-0.2, -0.15) is 0 Å². The molecule has 0 aromatic heterocycles. The summed E-state index contributed by atoms with van der Waals surface area (Å²) in [4.78, 5) is 17.8. The topological polar surface area (TPSA) is 66.0 Å². The Balaban J connectivity index is 0.00000625. The first-order chi connectivity index (χ1) is 12.1. The second kappa shape index (κ2) is 16.6. The van der Waals surface area contributed by atoms with Crippen molar-refractivity contribution in [3.05, 3.63) is 0 Å². The third kappa shape index (κ3) is 12.7. The summed E-state index contributed by atoms with van der Waals surface area (Å²) in [7, 11) is 3.51. The van der Waals surface area contributed by atoms with Crippen molar-refractivity contribution < 1.29 is 9.53 Å². The van der Waals surface area contributed by atoms with E-state index in [1.807, 2.05) is 0 Å². The minimum Gasteiger partial charge on any atom is -0.381 e. The summed E-state index contributed by atoms with van der Waals surface area (Å²) in [5.41, 5.74) is 0. The molecule has 1 rings (SSSR count). The number of aliphatic imine (C=N–C) groups is 1. The quantitative estimate of drug-likeness (QED) is 0.194. The van der Waals surface area contributed by atoms with E-state index in [1.165, 1.54) is 38.5 Å². The standard InChI is InChI=1S/C19H38N4O2.HI/c1-4-5-6-7-8-9-10-12-20-19(22-15-18(24)23(2)3)21-14-17-11-13-25-16-17;/h17H,4-16H2,1-3H3,(H2,20,21,22);1H. The molecular weight excluding hydrogens is 443 g/mol. The number of guanidine groups is 1. The lowest BCUT2D eigenvalue weighted by atomic mass is 10.1. The van der Waals surface area contributed by atoms with Crippen molar-refractivity contribution in [3.63, 3.8) is 0 Å². The summed E-state index contributed by atoms with van der Waals surface area (Å²) in [5.74, 6) is 1.30. The van der Waals surface area contributed by atoms with Gasteiger partial charge >= 0.3 is 0 Å². The number of rotatable bonds is 12. The molecule has 0 saturated carbocycles. The van der Waals surface area contributed by atoms with Gasteiger partial charge in [-0.05, 0) is 12.8 Å². The fourth-order valence-corrected chi connectivity index (χ4v) is 2.74. The molecule has 2 N–H and O–H groups in total. The normalized spacial score (nSPS) is 16.9. The number of hydrogen-bond acceptors (Lipinski definition) is 3. The van der Waals surface area contributed by atoms with Crippen LogP contribution in [0.2, 0.25) is 0 Å². The average molecular weight is 482 g/mol. The Kier molecular flexibility index (Phi) is 16.2. The molecule has 1 aliphatic rings. The summed E-state index contributed by atoms with van der Waals surface area (Å²) < 4.78 is 5.41. The number of nitrogens with one attached hydrogen (secondary N) is 2. The lowest BCUT2D eigenvalue weighted by Crippen LogP contribution is -2.41. The van der Waals surface area contributed by atoms with Crippen molar-refractivity contribution in [2.24, 2.45) is 10.9 Å². The van der Waals surface area contributed by atoms with Crippen LogP contribution in [0.1, 0.15) is 58.3 Å². The third-order valence-electron chi connectivity index (χ3n) is 4.53. The summed E-state index contributed by atoms with van der Waals surface area (Å²) in [6.45, 7) is 5.84. The second-order valence-electron chi connectivity index (χ2n) is 7.11. The Bertz CT molecular complexity index is 386. The predicted octanol–water partition coefficient (Wildman–Crippen LogP) is 3.01. The van der Waals surface area contributed by atoms with Crippen LogP contribution >= 0.6 is 24.0 Å². The number of likely N-dealkylation sites (N-methyl/N-ethyl adjacent to an activating group) is 1. The number of carbonyl (C=O) groups excluding carboxylic acids is 1. The van der Waals surface area contributed by atoms with E-state index in [0.717, 1.165) is 45.1 Å². The van der Waals surface area contributed by atoms with Crippen molar-refractivity contribution in [1.29, 1.82) is 0 Å². The molecule has 0 bridgehead atoms. The average Bonchev–Trinajstić information content (AvgIpc) is 3.12. The van der Waals surface area contributed by atoms with Gasteiger partial charge in [0.15, 0.2) is 5.96 Å². The van der Waals surface area contributed by atoms with Gasteiger partial charge in [0, 0.05) is 39.7 Å². The number of carbonyl (C=O) groups is 1. The molecule has 0 radical (unpaired) electrons. The minimum atomic E-state index is 0. The largest absolute Gasteiger partial charge is 0.381 e. The maximum absolute atomic E-state index is 11.8. The number of nitrogens with zero attached hydrogens (tertiary/aromatic N) is 2. The van der Waals surface area contributed by atoms with Gasteiger partial charge in [-0.3, -0.25) is 4.79 Å². The first-order valence-corrected chi connectivity index (χ1v) is 9.93. The Morgan fingerprint density at radius 1 is 1.12 bits per heavy atom. The van der Waals surface area contributed by atoms with Gasteiger partial charge in [-0.25, -0.2) is 4.99 Å². The molecule has 0 aromatic carbocycles. The smallest absolute Gasteiger partial charge is 0.243 e.